The van der Waals surface area contributed by atoms with Crippen molar-refractivity contribution in [2.45, 2.75) is 11.4 Å². The molecule has 1 unspecified atom stereocenters. The van der Waals surface area contributed by atoms with Gasteiger partial charge in [0.1, 0.15) is 31.3 Å². The van der Waals surface area contributed by atoms with E-state index >= 15 is 0 Å². The van der Waals surface area contributed by atoms with Crippen LogP contribution in [-0.2, 0) is 43.3 Å². The van der Waals surface area contributed by atoms with Gasteiger partial charge in [0.2, 0.25) is 6.17 Å². The number of halogens is 3. The number of carbonyl (C=O) groups is 1. The Hall–Kier alpha value is -2.25. The Labute approximate surface area is 236 Å². The second-order valence-corrected chi connectivity index (χ2v) is 9.36. The monoisotopic (exact) mass is 621 g/mol. The molecule has 0 bridgehead atoms. The molecule has 0 radical (unpaired) electrons. The minimum absolute atomic E-state index is 0.0440. The molecular weight excluding hydrogens is 585 g/mol. The van der Waals surface area contributed by atoms with Crippen LogP contribution in [0.25, 0.3) is 0 Å². The summed E-state index contributed by atoms with van der Waals surface area (Å²) in [5.41, 5.74) is -0.280. The van der Waals surface area contributed by atoms with Crippen molar-refractivity contribution >= 4 is 16.1 Å². The van der Waals surface area contributed by atoms with E-state index in [4.69, 9.17) is 37.9 Å². The summed E-state index contributed by atoms with van der Waals surface area (Å²) in [6.07, 6.45) is -3.57. The van der Waals surface area contributed by atoms with E-state index in [9.17, 15) is 30.9 Å². The van der Waals surface area contributed by atoms with Crippen LogP contribution < -0.4 is 9.47 Å². The summed E-state index contributed by atoms with van der Waals surface area (Å²) in [6, 6.07) is 3.77. The summed E-state index contributed by atoms with van der Waals surface area (Å²) >= 11 is 0. The van der Waals surface area contributed by atoms with Gasteiger partial charge in [0.05, 0.1) is 71.6 Å². The fourth-order valence-electron chi connectivity index (χ4n) is 2.71. The average molecular weight is 622 g/mol. The zero-order valence-corrected chi connectivity index (χ0v) is 23.7. The van der Waals surface area contributed by atoms with E-state index in [1.807, 2.05) is 0 Å². The lowest BCUT2D eigenvalue weighted by molar-refractivity contribution is -0.0362. The van der Waals surface area contributed by atoms with Crippen molar-refractivity contribution in [2.24, 2.45) is 0 Å². The van der Waals surface area contributed by atoms with Crippen LogP contribution in [0.1, 0.15) is 10.4 Å². The number of rotatable bonds is 25. The largest absolute Gasteiger partial charge is 0.743 e. The standard InChI is InChI=1S/C24H37F3O13S/c1-32-3-5-34-7-9-36-11-13-38-20-15-19(23(28)40-18-22(25)24(26,27)41(29,30)31)16-21(17-20)39-14-12-37-10-8-35-6-4-33-2/h15-17,22H,3-14,18H2,1-2H3,(H,29,30,31)/p-1. The second kappa shape index (κ2) is 20.6. The van der Waals surface area contributed by atoms with E-state index in [2.05, 4.69) is 4.74 Å². The number of hydrogen-bond donors (Lipinski definition) is 0. The van der Waals surface area contributed by atoms with Crippen LogP contribution in [0.15, 0.2) is 18.2 Å². The molecule has 41 heavy (non-hydrogen) atoms. The summed E-state index contributed by atoms with van der Waals surface area (Å²) in [5, 5.41) is -5.28. The molecule has 238 valence electrons. The molecule has 0 fully saturated rings. The molecule has 0 saturated heterocycles. The number of benzene rings is 1. The Morgan fingerprint density at radius 3 is 1.54 bits per heavy atom. The topological polar surface area (TPSA) is 157 Å². The highest BCUT2D eigenvalue weighted by Crippen LogP contribution is 2.28. The van der Waals surface area contributed by atoms with Crippen molar-refractivity contribution in [3.05, 3.63) is 23.8 Å². The summed E-state index contributed by atoms with van der Waals surface area (Å²) in [5.74, 6) is -1.09. The normalized spacial score (nSPS) is 12.7. The van der Waals surface area contributed by atoms with Crippen LogP contribution in [0.2, 0.25) is 0 Å². The summed E-state index contributed by atoms with van der Waals surface area (Å²) in [4.78, 5) is 12.4. The van der Waals surface area contributed by atoms with Crippen LogP contribution in [-0.4, -0.2) is 130 Å². The van der Waals surface area contributed by atoms with Gasteiger partial charge in [0, 0.05) is 20.3 Å². The maximum absolute atomic E-state index is 13.7. The van der Waals surface area contributed by atoms with Crippen molar-refractivity contribution in [1.82, 2.24) is 0 Å². The molecule has 17 heteroatoms. The molecule has 0 amide bonds. The lowest BCUT2D eigenvalue weighted by Crippen LogP contribution is -2.41. The highest BCUT2D eigenvalue weighted by molar-refractivity contribution is 7.86. The van der Waals surface area contributed by atoms with Gasteiger partial charge in [-0.2, -0.15) is 8.78 Å². The third kappa shape index (κ3) is 15.5. The second-order valence-electron chi connectivity index (χ2n) is 7.91. The van der Waals surface area contributed by atoms with Gasteiger partial charge < -0.3 is 47.2 Å². The van der Waals surface area contributed by atoms with E-state index < -0.39 is 34.1 Å². The van der Waals surface area contributed by atoms with Crippen molar-refractivity contribution in [1.29, 1.82) is 0 Å². The Bertz CT molecular complexity index is 926. The Morgan fingerprint density at radius 1 is 0.756 bits per heavy atom. The van der Waals surface area contributed by atoms with Gasteiger partial charge in [-0.15, -0.1) is 0 Å². The summed E-state index contributed by atoms with van der Waals surface area (Å²) in [7, 11) is -3.21. The van der Waals surface area contributed by atoms with E-state index in [0.717, 1.165) is 0 Å². The average Bonchev–Trinajstić information content (AvgIpc) is 2.93. The van der Waals surface area contributed by atoms with Crippen LogP contribution in [0.4, 0.5) is 13.2 Å². The first-order valence-electron chi connectivity index (χ1n) is 12.4. The van der Waals surface area contributed by atoms with E-state index in [1.54, 1.807) is 14.2 Å². The highest BCUT2D eigenvalue weighted by atomic mass is 32.2. The molecule has 0 aliphatic rings. The number of carbonyl (C=O) groups excluding carboxylic acids is 1. The van der Waals surface area contributed by atoms with E-state index in [-0.39, 0.29) is 43.5 Å². The number of methoxy groups -OCH3 is 2. The molecule has 1 aromatic carbocycles. The lowest BCUT2D eigenvalue weighted by atomic mass is 10.2. The fraction of sp³-hybridized carbons (Fsp3) is 0.708. The maximum atomic E-state index is 13.7. The molecular formula is C24H36F3O13S-. The van der Waals surface area contributed by atoms with Gasteiger partial charge >= 0.3 is 11.2 Å². The van der Waals surface area contributed by atoms with Crippen molar-refractivity contribution in [3.63, 3.8) is 0 Å². The number of ether oxygens (including phenoxy) is 9. The quantitative estimate of drug-likeness (QED) is 0.0878. The number of esters is 1. The Morgan fingerprint density at radius 2 is 1.15 bits per heavy atom. The summed E-state index contributed by atoms with van der Waals surface area (Å²) in [6.45, 7) is 1.71. The minimum Gasteiger partial charge on any atom is -0.743 e. The zero-order valence-electron chi connectivity index (χ0n) is 22.9. The smallest absolute Gasteiger partial charge is 0.368 e. The molecule has 0 spiro atoms. The van der Waals surface area contributed by atoms with Crippen LogP contribution in [0.3, 0.4) is 0 Å². The number of alkyl halides is 3. The predicted octanol–water partition coefficient (Wildman–Crippen LogP) is 1.44. The number of hydrogen-bond acceptors (Lipinski definition) is 13. The van der Waals surface area contributed by atoms with Gasteiger partial charge in [-0.25, -0.2) is 17.6 Å². The van der Waals surface area contributed by atoms with Gasteiger partial charge in [0.25, 0.3) is 0 Å². The molecule has 13 nitrogen and oxygen atoms in total. The Kier molecular flexibility index (Phi) is 18.5. The van der Waals surface area contributed by atoms with Gasteiger partial charge in [-0.3, -0.25) is 0 Å². The molecule has 0 saturated carbocycles. The van der Waals surface area contributed by atoms with Crippen molar-refractivity contribution < 1.29 is 73.6 Å². The van der Waals surface area contributed by atoms with Crippen molar-refractivity contribution in [3.8, 4) is 11.5 Å². The van der Waals surface area contributed by atoms with Gasteiger partial charge in [-0.05, 0) is 12.1 Å². The Balaban J connectivity index is 2.70. The third-order valence-corrected chi connectivity index (χ3v) is 5.70. The molecule has 0 aliphatic carbocycles. The van der Waals surface area contributed by atoms with Crippen LogP contribution in [0, 0.1) is 0 Å². The lowest BCUT2D eigenvalue weighted by Gasteiger charge is -2.23. The zero-order chi connectivity index (χ0) is 30.6. The predicted molar refractivity (Wildman–Crippen MR) is 134 cm³/mol. The first-order chi connectivity index (χ1) is 19.5. The first-order valence-corrected chi connectivity index (χ1v) is 13.8. The maximum Gasteiger partial charge on any atom is 0.368 e. The molecule has 1 aromatic rings. The fourth-order valence-corrected chi connectivity index (χ4v) is 3.09. The molecule has 1 atom stereocenters. The molecule has 0 aliphatic heterocycles. The van der Waals surface area contributed by atoms with Crippen LogP contribution in [0.5, 0.6) is 11.5 Å². The van der Waals surface area contributed by atoms with Crippen LogP contribution >= 0.6 is 0 Å². The van der Waals surface area contributed by atoms with Crippen molar-refractivity contribution in [2.75, 3.05) is 100 Å². The minimum atomic E-state index is -6.31. The third-order valence-electron chi connectivity index (χ3n) is 4.77. The van der Waals surface area contributed by atoms with Gasteiger partial charge in [-0.1, -0.05) is 0 Å². The first kappa shape index (κ1) is 36.8. The summed E-state index contributed by atoms with van der Waals surface area (Å²) < 4.78 is 119. The van der Waals surface area contributed by atoms with Gasteiger partial charge in [0.15, 0.2) is 10.1 Å². The SMILES string of the molecule is COCCOCCOCCOc1cc(OCCOCCOCCOC)cc(C(=O)OCC(F)C(F)(F)S(=O)(=O)[O-])c1. The molecule has 1 rings (SSSR count). The molecule has 0 heterocycles. The molecule has 0 N–H and O–H groups in total. The van der Waals surface area contributed by atoms with E-state index in [0.29, 0.717) is 52.9 Å². The highest BCUT2D eigenvalue weighted by Gasteiger charge is 2.48. The molecule has 0 aromatic heterocycles. The van der Waals surface area contributed by atoms with E-state index in [1.165, 1.54) is 18.2 Å².